The fourth-order valence-corrected chi connectivity index (χ4v) is 2.51. The highest BCUT2D eigenvalue weighted by molar-refractivity contribution is 5.94. The molecule has 0 radical (unpaired) electrons. The number of guanidine groups is 1. The average molecular weight is 341 g/mol. The highest BCUT2D eigenvalue weighted by atomic mass is 16.5. The first-order valence-corrected chi connectivity index (χ1v) is 8.38. The first-order valence-electron chi connectivity index (χ1n) is 8.38. The molecule has 0 spiro atoms. The molecule has 6 nitrogen and oxygen atoms in total. The second-order valence-electron chi connectivity index (χ2n) is 5.95. The number of hydrogen-bond donors (Lipinski definition) is 4. The van der Waals surface area contributed by atoms with E-state index in [1.807, 2.05) is 36.4 Å². The van der Waals surface area contributed by atoms with Crippen LogP contribution in [-0.4, -0.2) is 48.6 Å². The van der Waals surface area contributed by atoms with Gasteiger partial charge in [0.25, 0.3) is 0 Å². The van der Waals surface area contributed by atoms with Crippen molar-refractivity contribution in [3.8, 4) is 5.75 Å². The lowest BCUT2D eigenvalue weighted by Gasteiger charge is -2.10. The fraction of sp³-hybridized carbons (Fsp3) is 0.316. The van der Waals surface area contributed by atoms with Crippen LogP contribution in [0.1, 0.15) is 11.1 Å². The largest absolute Gasteiger partial charge is 0.491 e. The lowest BCUT2D eigenvalue weighted by atomic mass is 10.0. The van der Waals surface area contributed by atoms with Crippen LogP contribution in [0.25, 0.3) is 0 Å². The maximum atomic E-state index is 9.29. The number of rotatable bonds is 7. The zero-order valence-electron chi connectivity index (χ0n) is 14.0. The number of hydrogen-bond acceptors (Lipinski definition) is 6. The number of nitrogens with zero attached hydrogens (tertiary/aromatic N) is 1. The number of aliphatic hydroxyl groups excluding tert-OH is 2. The van der Waals surface area contributed by atoms with Crippen molar-refractivity contribution >= 4 is 11.6 Å². The molecular formula is C19H23N3O3. The molecule has 132 valence electrons. The van der Waals surface area contributed by atoms with Gasteiger partial charge in [-0.1, -0.05) is 24.3 Å². The topological polar surface area (TPSA) is 86.1 Å². The third kappa shape index (κ3) is 5.20. The second kappa shape index (κ2) is 8.50. The van der Waals surface area contributed by atoms with Crippen LogP contribution in [0, 0.1) is 0 Å². The van der Waals surface area contributed by atoms with Crippen molar-refractivity contribution in [2.24, 2.45) is 4.99 Å². The van der Waals surface area contributed by atoms with Crippen molar-refractivity contribution < 1.29 is 14.9 Å². The molecule has 0 fully saturated rings. The lowest BCUT2D eigenvalue weighted by molar-refractivity contribution is 0.0536. The van der Waals surface area contributed by atoms with Crippen molar-refractivity contribution in [2.45, 2.75) is 12.5 Å². The Morgan fingerprint density at radius 3 is 2.36 bits per heavy atom. The Kier molecular flexibility index (Phi) is 5.87. The molecule has 1 atom stereocenters. The minimum Gasteiger partial charge on any atom is -0.491 e. The summed E-state index contributed by atoms with van der Waals surface area (Å²) in [6, 6.07) is 16.0. The van der Waals surface area contributed by atoms with Gasteiger partial charge in [-0.15, -0.1) is 0 Å². The first-order chi connectivity index (χ1) is 12.2. The summed E-state index contributed by atoms with van der Waals surface area (Å²) in [5, 5.41) is 24.5. The van der Waals surface area contributed by atoms with E-state index in [1.165, 1.54) is 11.1 Å². The molecule has 2 aromatic carbocycles. The summed E-state index contributed by atoms with van der Waals surface area (Å²) in [5.41, 5.74) is 3.41. The van der Waals surface area contributed by atoms with Gasteiger partial charge in [0.15, 0.2) is 5.96 Å². The van der Waals surface area contributed by atoms with Crippen LogP contribution in [0.5, 0.6) is 5.75 Å². The van der Waals surface area contributed by atoms with E-state index in [2.05, 4.69) is 27.8 Å². The lowest BCUT2D eigenvalue weighted by Crippen LogP contribution is -2.26. The molecule has 25 heavy (non-hydrogen) atoms. The Morgan fingerprint density at radius 2 is 1.76 bits per heavy atom. The van der Waals surface area contributed by atoms with Crippen LogP contribution in [0.4, 0.5) is 5.69 Å². The van der Waals surface area contributed by atoms with E-state index >= 15 is 0 Å². The van der Waals surface area contributed by atoms with E-state index in [-0.39, 0.29) is 13.2 Å². The van der Waals surface area contributed by atoms with Crippen LogP contribution >= 0.6 is 0 Å². The van der Waals surface area contributed by atoms with Gasteiger partial charge in [-0.3, -0.25) is 4.99 Å². The standard InChI is InChI=1S/C19H23N3O3/c23-12-17(24)13-25-18-7-3-15(4-8-18)11-14-1-5-16(6-2-14)22-19-20-9-10-21-19/h1-8,17,23-24H,9-13H2,(H2,20,21,22). The molecule has 0 saturated heterocycles. The van der Waals surface area contributed by atoms with Crippen LogP contribution in [0.2, 0.25) is 0 Å². The van der Waals surface area contributed by atoms with Crippen molar-refractivity contribution in [1.82, 2.24) is 5.32 Å². The Labute approximate surface area is 147 Å². The first kappa shape index (κ1) is 17.3. The van der Waals surface area contributed by atoms with E-state index in [4.69, 9.17) is 9.84 Å². The van der Waals surface area contributed by atoms with E-state index in [9.17, 15) is 5.11 Å². The second-order valence-corrected chi connectivity index (χ2v) is 5.95. The molecule has 0 bridgehead atoms. The van der Waals surface area contributed by atoms with Crippen molar-refractivity contribution in [3.63, 3.8) is 0 Å². The molecule has 1 unspecified atom stereocenters. The monoisotopic (exact) mass is 341 g/mol. The van der Waals surface area contributed by atoms with Crippen LogP contribution in [-0.2, 0) is 6.42 Å². The summed E-state index contributed by atoms with van der Waals surface area (Å²) in [5.74, 6) is 1.51. The number of anilines is 1. The minimum absolute atomic E-state index is 0.0878. The summed E-state index contributed by atoms with van der Waals surface area (Å²) in [6.45, 7) is 1.50. The maximum absolute atomic E-state index is 9.29. The van der Waals surface area contributed by atoms with Crippen molar-refractivity contribution in [3.05, 3.63) is 59.7 Å². The molecule has 0 amide bonds. The molecule has 0 saturated carbocycles. The number of benzene rings is 2. The van der Waals surface area contributed by atoms with Gasteiger partial charge >= 0.3 is 0 Å². The summed E-state index contributed by atoms with van der Waals surface area (Å²) in [6.07, 6.45) is -0.0175. The van der Waals surface area contributed by atoms with Gasteiger partial charge in [-0.25, -0.2) is 0 Å². The minimum atomic E-state index is -0.850. The number of ether oxygens (including phenoxy) is 1. The zero-order valence-corrected chi connectivity index (χ0v) is 14.0. The van der Waals surface area contributed by atoms with E-state index in [0.717, 1.165) is 31.2 Å². The molecule has 1 aliphatic rings. The average Bonchev–Trinajstić information content (AvgIpc) is 3.15. The Bertz CT molecular complexity index is 699. The van der Waals surface area contributed by atoms with E-state index < -0.39 is 6.10 Å². The molecular weight excluding hydrogens is 318 g/mol. The molecule has 0 aromatic heterocycles. The van der Waals surface area contributed by atoms with Gasteiger partial charge in [0.1, 0.15) is 18.5 Å². The third-order valence-electron chi connectivity index (χ3n) is 3.88. The fourth-order valence-electron chi connectivity index (χ4n) is 2.51. The van der Waals surface area contributed by atoms with E-state index in [0.29, 0.717) is 5.75 Å². The SMILES string of the molecule is OCC(O)COc1ccc(Cc2ccc(NC3=NCCN3)cc2)cc1. The predicted molar refractivity (Wildman–Crippen MR) is 98.2 cm³/mol. The van der Waals surface area contributed by atoms with Gasteiger partial charge in [-0.2, -0.15) is 0 Å². The number of aliphatic hydroxyl groups is 2. The van der Waals surface area contributed by atoms with Crippen LogP contribution < -0.4 is 15.4 Å². The molecule has 1 aliphatic heterocycles. The van der Waals surface area contributed by atoms with Gasteiger partial charge in [0.05, 0.1) is 13.2 Å². The highest BCUT2D eigenvalue weighted by Crippen LogP contribution is 2.17. The highest BCUT2D eigenvalue weighted by Gasteiger charge is 2.05. The third-order valence-corrected chi connectivity index (χ3v) is 3.88. The smallest absolute Gasteiger partial charge is 0.195 e. The van der Waals surface area contributed by atoms with Crippen molar-refractivity contribution in [1.29, 1.82) is 0 Å². The van der Waals surface area contributed by atoms with Gasteiger partial charge in [0, 0.05) is 12.2 Å². The number of nitrogens with one attached hydrogen (secondary N) is 2. The van der Waals surface area contributed by atoms with Crippen molar-refractivity contribution in [2.75, 3.05) is 31.6 Å². The molecule has 4 N–H and O–H groups in total. The van der Waals surface area contributed by atoms with Gasteiger partial charge in [0.2, 0.25) is 0 Å². The van der Waals surface area contributed by atoms with Gasteiger partial charge in [-0.05, 0) is 41.8 Å². The number of aliphatic imine (C=N–C) groups is 1. The Hall–Kier alpha value is -2.57. The van der Waals surface area contributed by atoms with Gasteiger partial charge < -0.3 is 25.6 Å². The molecule has 1 heterocycles. The van der Waals surface area contributed by atoms with Crippen LogP contribution in [0.3, 0.4) is 0 Å². The molecule has 6 heteroatoms. The predicted octanol–water partition coefficient (Wildman–Crippen LogP) is 1.38. The Morgan fingerprint density at radius 1 is 1.08 bits per heavy atom. The quantitative estimate of drug-likeness (QED) is 0.611. The van der Waals surface area contributed by atoms with Crippen LogP contribution in [0.15, 0.2) is 53.5 Å². The molecule has 3 rings (SSSR count). The summed E-state index contributed by atoms with van der Waals surface area (Å²) in [7, 11) is 0. The summed E-state index contributed by atoms with van der Waals surface area (Å²) >= 11 is 0. The maximum Gasteiger partial charge on any atom is 0.195 e. The molecule has 2 aromatic rings. The summed E-state index contributed by atoms with van der Waals surface area (Å²) in [4.78, 5) is 4.31. The Balaban J connectivity index is 1.53. The molecule has 0 aliphatic carbocycles. The van der Waals surface area contributed by atoms with E-state index in [1.54, 1.807) is 0 Å². The normalized spacial score (nSPS) is 14.6. The zero-order chi connectivity index (χ0) is 17.5. The summed E-state index contributed by atoms with van der Waals surface area (Å²) < 4.78 is 5.41.